The van der Waals surface area contributed by atoms with E-state index in [1.54, 1.807) is 19.1 Å². The molecule has 2 aromatic rings. The summed E-state index contributed by atoms with van der Waals surface area (Å²) in [5, 5.41) is 0. The van der Waals surface area contributed by atoms with Gasteiger partial charge in [0, 0.05) is 0 Å². The molecular weight excluding hydrogens is 261 g/mol. The molecular formula is C12H10F2Se. The van der Waals surface area contributed by atoms with Crippen molar-refractivity contribution in [3.63, 3.8) is 0 Å². The number of hydrogen-bond acceptors (Lipinski definition) is 0. The molecule has 0 nitrogen and oxygen atoms in total. The van der Waals surface area contributed by atoms with Crippen molar-refractivity contribution in [2.45, 2.75) is 13.8 Å². The Morgan fingerprint density at radius 3 is 2.27 bits per heavy atom. The van der Waals surface area contributed by atoms with Gasteiger partial charge in [0.05, 0.1) is 0 Å². The fraction of sp³-hybridized carbons (Fsp3) is 0.167. The quantitative estimate of drug-likeness (QED) is 0.698. The molecule has 0 bridgehead atoms. The van der Waals surface area contributed by atoms with Gasteiger partial charge in [-0.05, 0) is 0 Å². The van der Waals surface area contributed by atoms with Gasteiger partial charge in [0.15, 0.2) is 0 Å². The first-order valence-corrected chi connectivity index (χ1v) is 6.32. The SMILES string of the molecule is Cc1ccc(-c2ccc(C)c(F)c2F)[se]1. The Labute approximate surface area is 93.3 Å². The van der Waals surface area contributed by atoms with Gasteiger partial charge in [-0.3, -0.25) is 0 Å². The van der Waals surface area contributed by atoms with Crippen molar-refractivity contribution in [2.75, 3.05) is 0 Å². The third-order valence-corrected chi connectivity index (χ3v) is 4.45. The summed E-state index contributed by atoms with van der Waals surface area (Å²) in [5.41, 5.74) is 0.762. The Bertz CT molecular complexity index is 500. The van der Waals surface area contributed by atoms with E-state index in [1.165, 1.54) is 4.44 Å². The molecule has 0 amide bonds. The normalized spacial score (nSPS) is 10.7. The molecule has 0 saturated carbocycles. The summed E-state index contributed by atoms with van der Waals surface area (Å²) in [6.45, 7) is 3.58. The van der Waals surface area contributed by atoms with Gasteiger partial charge < -0.3 is 0 Å². The van der Waals surface area contributed by atoms with Crippen LogP contribution in [-0.4, -0.2) is 14.5 Å². The summed E-state index contributed by atoms with van der Waals surface area (Å²) in [6.07, 6.45) is 0. The minimum absolute atomic E-state index is 0.141. The molecule has 0 aliphatic heterocycles. The van der Waals surface area contributed by atoms with E-state index in [-0.39, 0.29) is 14.5 Å². The molecule has 0 aliphatic carbocycles. The Morgan fingerprint density at radius 2 is 1.67 bits per heavy atom. The summed E-state index contributed by atoms with van der Waals surface area (Å²) < 4.78 is 29.1. The summed E-state index contributed by atoms with van der Waals surface area (Å²) >= 11 is 0.141. The molecule has 2 rings (SSSR count). The maximum atomic E-state index is 13.6. The van der Waals surface area contributed by atoms with E-state index < -0.39 is 11.6 Å². The number of benzene rings is 1. The average molecular weight is 271 g/mol. The van der Waals surface area contributed by atoms with Crippen molar-refractivity contribution in [1.82, 2.24) is 0 Å². The van der Waals surface area contributed by atoms with E-state index in [0.29, 0.717) is 11.1 Å². The van der Waals surface area contributed by atoms with Gasteiger partial charge in [-0.15, -0.1) is 0 Å². The average Bonchev–Trinajstić information content (AvgIpc) is 2.61. The number of hydrogen-bond donors (Lipinski definition) is 0. The molecule has 0 spiro atoms. The molecule has 0 radical (unpaired) electrons. The van der Waals surface area contributed by atoms with Crippen LogP contribution in [0.5, 0.6) is 0 Å². The third-order valence-electron chi connectivity index (χ3n) is 2.28. The van der Waals surface area contributed by atoms with Crippen LogP contribution < -0.4 is 0 Å². The minimum atomic E-state index is -0.728. The molecule has 1 aromatic heterocycles. The molecule has 0 N–H and O–H groups in total. The summed E-state index contributed by atoms with van der Waals surface area (Å²) in [5.74, 6) is -1.44. The maximum absolute atomic E-state index is 13.6. The fourth-order valence-corrected chi connectivity index (χ4v) is 3.28. The van der Waals surface area contributed by atoms with E-state index in [9.17, 15) is 8.78 Å². The molecule has 0 aliphatic rings. The van der Waals surface area contributed by atoms with Gasteiger partial charge in [0.1, 0.15) is 0 Å². The van der Waals surface area contributed by atoms with Crippen molar-refractivity contribution in [1.29, 1.82) is 0 Å². The zero-order chi connectivity index (χ0) is 11.0. The van der Waals surface area contributed by atoms with Crippen molar-refractivity contribution < 1.29 is 8.78 Å². The second-order valence-electron chi connectivity index (χ2n) is 3.47. The Morgan fingerprint density at radius 1 is 0.933 bits per heavy atom. The van der Waals surface area contributed by atoms with E-state index in [1.807, 2.05) is 19.1 Å². The Balaban J connectivity index is 2.59. The molecule has 0 atom stereocenters. The number of aryl methyl sites for hydroxylation is 2. The van der Waals surface area contributed by atoms with Gasteiger partial charge in [-0.1, -0.05) is 0 Å². The molecule has 15 heavy (non-hydrogen) atoms. The molecule has 78 valence electrons. The van der Waals surface area contributed by atoms with E-state index in [0.717, 1.165) is 4.44 Å². The van der Waals surface area contributed by atoms with Crippen LogP contribution in [0.4, 0.5) is 8.78 Å². The zero-order valence-electron chi connectivity index (χ0n) is 8.47. The van der Waals surface area contributed by atoms with Crippen LogP contribution in [0.1, 0.15) is 10.0 Å². The van der Waals surface area contributed by atoms with Gasteiger partial charge in [0.2, 0.25) is 0 Å². The second-order valence-corrected chi connectivity index (χ2v) is 6.17. The molecule has 3 heteroatoms. The monoisotopic (exact) mass is 272 g/mol. The predicted molar refractivity (Wildman–Crippen MR) is 58.2 cm³/mol. The first-order chi connectivity index (χ1) is 7.09. The standard InChI is InChI=1S/C12H10F2Se/c1-7-3-5-9(12(14)11(7)13)10-6-4-8(2)15-10/h3-6H,1-2H3. The zero-order valence-corrected chi connectivity index (χ0v) is 10.2. The molecule has 0 saturated heterocycles. The van der Waals surface area contributed by atoms with Gasteiger partial charge in [-0.25, -0.2) is 0 Å². The van der Waals surface area contributed by atoms with Crippen LogP contribution in [0.3, 0.4) is 0 Å². The number of halogens is 2. The Hall–Kier alpha value is -0.921. The third kappa shape index (κ3) is 1.90. The molecule has 1 aromatic carbocycles. The molecule has 0 unspecified atom stereocenters. The summed E-state index contributed by atoms with van der Waals surface area (Å²) in [6, 6.07) is 7.13. The van der Waals surface area contributed by atoms with Crippen LogP contribution in [0.25, 0.3) is 10.0 Å². The van der Waals surface area contributed by atoms with E-state index in [4.69, 9.17) is 0 Å². The molecule has 0 fully saturated rings. The van der Waals surface area contributed by atoms with Crippen molar-refractivity contribution in [3.05, 3.63) is 45.9 Å². The van der Waals surface area contributed by atoms with Gasteiger partial charge in [-0.2, -0.15) is 0 Å². The van der Waals surface area contributed by atoms with Crippen molar-refractivity contribution in [2.24, 2.45) is 0 Å². The van der Waals surface area contributed by atoms with Crippen LogP contribution in [-0.2, 0) is 0 Å². The predicted octanol–water partition coefficient (Wildman–Crippen LogP) is 3.31. The van der Waals surface area contributed by atoms with Gasteiger partial charge in [0.25, 0.3) is 0 Å². The fourth-order valence-electron chi connectivity index (χ4n) is 1.42. The van der Waals surface area contributed by atoms with Crippen molar-refractivity contribution >= 4 is 14.5 Å². The van der Waals surface area contributed by atoms with Crippen LogP contribution >= 0.6 is 0 Å². The Kier molecular flexibility index (Phi) is 2.76. The first-order valence-electron chi connectivity index (χ1n) is 4.61. The van der Waals surface area contributed by atoms with Crippen LogP contribution in [0.15, 0.2) is 24.3 Å². The topological polar surface area (TPSA) is 0 Å². The van der Waals surface area contributed by atoms with E-state index in [2.05, 4.69) is 0 Å². The van der Waals surface area contributed by atoms with Crippen LogP contribution in [0, 0.1) is 25.5 Å². The van der Waals surface area contributed by atoms with Crippen molar-refractivity contribution in [3.8, 4) is 10.0 Å². The second kappa shape index (κ2) is 3.91. The van der Waals surface area contributed by atoms with Gasteiger partial charge >= 0.3 is 93.0 Å². The molecule has 1 heterocycles. The first kappa shape index (κ1) is 10.6. The summed E-state index contributed by atoms with van der Waals surface area (Å²) in [7, 11) is 0. The summed E-state index contributed by atoms with van der Waals surface area (Å²) in [4.78, 5) is 0. The van der Waals surface area contributed by atoms with E-state index >= 15 is 0 Å². The number of rotatable bonds is 1. The van der Waals surface area contributed by atoms with Crippen LogP contribution in [0.2, 0.25) is 0 Å².